The molecule has 0 radical (unpaired) electrons. The molecule has 0 fully saturated rings. The van der Waals surface area contributed by atoms with Crippen LogP contribution in [-0.4, -0.2) is 17.7 Å². The number of hydrogen-bond donors (Lipinski definition) is 4. The second kappa shape index (κ2) is 5.31. The van der Waals surface area contributed by atoms with Crippen LogP contribution in [0.1, 0.15) is 23.2 Å². The van der Waals surface area contributed by atoms with Gasteiger partial charge in [0.05, 0.1) is 6.04 Å². The van der Waals surface area contributed by atoms with E-state index < -0.39 is 11.9 Å². The first kappa shape index (κ1) is 13.0. The maximum absolute atomic E-state index is 11.9. The highest BCUT2D eigenvalue weighted by atomic mass is 16.1. The molecule has 0 aromatic heterocycles. The van der Waals surface area contributed by atoms with E-state index in [9.17, 15) is 9.59 Å². The number of anilines is 2. The first-order chi connectivity index (χ1) is 7.91. The van der Waals surface area contributed by atoms with Crippen molar-refractivity contribution in [3.8, 4) is 0 Å². The molecule has 8 N–H and O–H groups in total. The number of ketones is 1. The summed E-state index contributed by atoms with van der Waals surface area (Å²) < 4.78 is 0. The molecule has 1 atom stereocenters. The smallest absolute Gasteiger partial charge is 0.217 e. The van der Waals surface area contributed by atoms with Gasteiger partial charge < -0.3 is 22.9 Å². The Morgan fingerprint density at radius 3 is 2.47 bits per heavy atom. The molecule has 0 saturated carbocycles. The number of carbonyl (C=O) groups excluding carboxylic acids is 2. The minimum atomic E-state index is -0.799. The van der Waals surface area contributed by atoms with Crippen molar-refractivity contribution in [2.24, 2.45) is 11.5 Å². The summed E-state index contributed by atoms with van der Waals surface area (Å²) in [5, 5.41) is 0. The number of carbonyl (C=O) groups is 2. The molecule has 0 bridgehead atoms. The molecule has 0 unspecified atom stereocenters. The van der Waals surface area contributed by atoms with Gasteiger partial charge in [0.25, 0.3) is 0 Å². The molecule has 1 aromatic carbocycles. The predicted octanol–water partition coefficient (Wildman–Crippen LogP) is -0.373. The van der Waals surface area contributed by atoms with Gasteiger partial charge in [-0.3, -0.25) is 9.59 Å². The van der Waals surface area contributed by atoms with E-state index in [1.54, 1.807) is 12.1 Å². The summed E-state index contributed by atoms with van der Waals surface area (Å²) in [6, 6.07) is 3.82. The Kier molecular flexibility index (Phi) is 4.06. The van der Waals surface area contributed by atoms with Crippen LogP contribution in [0.5, 0.6) is 0 Å². The number of primary amides is 1. The molecule has 0 aliphatic heterocycles. The van der Waals surface area contributed by atoms with Crippen molar-refractivity contribution in [3.63, 3.8) is 0 Å². The van der Waals surface area contributed by atoms with E-state index in [1.165, 1.54) is 6.07 Å². The number of hydrogen-bond acceptors (Lipinski definition) is 5. The summed E-state index contributed by atoms with van der Waals surface area (Å²) in [5.74, 6) is -0.829. The third kappa shape index (κ3) is 3.46. The predicted molar refractivity (Wildman–Crippen MR) is 66.0 cm³/mol. The van der Waals surface area contributed by atoms with Crippen molar-refractivity contribution in [1.29, 1.82) is 0 Å². The maximum atomic E-state index is 11.9. The molecule has 0 aliphatic rings. The van der Waals surface area contributed by atoms with Crippen LogP contribution in [0.25, 0.3) is 0 Å². The van der Waals surface area contributed by atoms with E-state index in [1.807, 2.05) is 0 Å². The fourth-order valence-electron chi connectivity index (χ4n) is 1.42. The summed E-state index contributed by atoms with van der Waals surface area (Å²) in [5.41, 5.74) is 22.9. The summed E-state index contributed by atoms with van der Waals surface area (Å²) in [4.78, 5) is 22.5. The van der Waals surface area contributed by atoms with Crippen LogP contribution in [0.15, 0.2) is 18.2 Å². The molecule has 6 heteroatoms. The van der Waals surface area contributed by atoms with Crippen LogP contribution < -0.4 is 22.9 Å². The third-order valence-corrected chi connectivity index (χ3v) is 2.38. The lowest BCUT2D eigenvalue weighted by molar-refractivity contribution is -0.118. The average Bonchev–Trinajstić information content (AvgIpc) is 2.28. The van der Waals surface area contributed by atoms with Gasteiger partial charge in [-0.2, -0.15) is 0 Å². The first-order valence-corrected chi connectivity index (χ1v) is 5.15. The molecule has 0 heterocycles. The van der Waals surface area contributed by atoms with E-state index >= 15 is 0 Å². The van der Waals surface area contributed by atoms with Crippen molar-refractivity contribution in [2.75, 3.05) is 11.5 Å². The average molecular weight is 236 g/mol. The lowest BCUT2D eigenvalue weighted by atomic mass is 9.99. The molecule has 1 aromatic rings. The molecule has 1 amide bonds. The van der Waals surface area contributed by atoms with Crippen molar-refractivity contribution in [3.05, 3.63) is 23.8 Å². The van der Waals surface area contributed by atoms with Gasteiger partial charge in [0, 0.05) is 23.4 Å². The third-order valence-electron chi connectivity index (χ3n) is 2.38. The molecule has 0 aliphatic carbocycles. The first-order valence-electron chi connectivity index (χ1n) is 5.15. The summed E-state index contributed by atoms with van der Waals surface area (Å²) in [6.07, 6.45) is 0.261. The Morgan fingerprint density at radius 1 is 1.24 bits per heavy atom. The van der Waals surface area contributed by atoms with Gasteiger partial charge in [0.2, 0.25) is 5.91 Å². The Labute approximate surface area is 98.9 Å². The SMILES string of the molecule is NC(=O)CC[C@H](N)C(=O)c1cc(N)ccc1N. The van der Waals surface area contributed by atoms with Crippen LogP contribution >= 0.6 is 0 Å². The fraction of sp³-hybridized carbons (Fsp3) is 0.273. The molecule has 6 nitrogen and oxygen atoms in total. The second-order valence-corrected chi connectivity index (χ2v) is 3.82. The summed E-state index contributed by atoms with van der Waals surface area (Å²) >= 11 is 0. The fourth-order valence-corrected chi connectivity index (χ4v) is 1.42. The number of Topliss-reactive ketones (excluding diaryl/α,β-unsaturated/α-hetero) is 1. The summed E-state index contributed by atoms with van der Waals surface area (Å²) in [7, 11) is 0. The topological polar surface area (TPSA) is 138 Å². The van der Waals surface area contributed by atoms with Gasteiger partial charge in [-0.15, -0.1) is 0 Å². The van der Waals surface area contributed by atoms with E-state index in [2.05, 4.69) is 0 Å². The monoisotopic (exact) mass is 236 g/mol. The van der Waals surface area contributed by atoms with E-state index in [4.69, 9.17) is 22.9 Å². The Balaban J connectivity index is 2.81. The molecular formula is C11H16N4O2. The molecule has 17 heavy (non-hydrogen) atoms. The highest BCUT2D eigenvalue weighted by molar-refractivity contribution is 6.04. The van der Waals surface area contributed by atoms with Crippen molar-refractivity contribution < 1.29 is 9.59 Å². The Hall–Kier alpha value is -2.08. The second-order valence-electron chi connectivity index (χ2n) is 3.82. The van der Waals surface area contributed by atoms with Gasteiger partial charge in [-0.1, -0.05) is 0 Å². The zero-order chi connectivity index (χ0) is 13.0. The number of amides is 1. The largest absolute Gasteiger partial charge is 0.399 e. The van der Waals surface area contributed by atoms with E-state index in [0.29, 0.717) is 11.4 Å². The minimum absolute atomic E-state index is 0.0646. The van der Waals surface area contributed by atoms with Gasteiger partial charge in [-0.05, 0) is 24.6 Å². The van der Waals surface area contributed by atoms with Crippen LogP contribution in [0.3, 0.4) is 0 Å². The lowest BCUT2D eigenvalue weighted by Crippen LogP contribution is -2.32. The molecule has 0 saturated heterocycles. The molecule has 92 valence electrons. The quantitative estimate of drug-likeness (QED) is 0.408. The summed E-state index contributed by atoms with van der Waals surface area (Å²) in [6.45, 7) is 0. The van der Waals surface area contributed by atoms with Gasteiger partial charge in [-0.25, -0.2) is 0 Å². The van der Waals surface area contributed by atoms with Crippen LogP contribution in [0, 0.1) is 0 Å². The zero-order valence-electron chi connectivity index (χ0n) is 9.35. The maximum Gasteiger partial charge on any atom is 0.217 e. The van der Waals surface area contributed by atoms with E-state index in [-0.39, 0.29) is 24.2 Å². The number of nitrogen functional groups attached to an aromatic ring is 2. The van der Waals surface area contributed by atoms with Crippen LogP contribution in [-0.2, 0) is 4.79 Å². The van der Waals surface area contributed by atoms with Crippen LogP contribution in [0.4, 0.5) is 11.4 Å². The number of rotatable bonds is 5. The number of nitrogens with two attached hydrogens (primary N) is 4. The van der Waals surface area contributed by atoms with Crippen molar-refractivity contribution >= 4 is 23.1 Å². The molecule has 1 rings (SSSR count). The minimum Gasteiger partial charge on any atom is -0.399 e. The van der Waals surface area contributed by atoms with Gasteiger partial charge >= 0.3 is 0 Å². The van der Waals surface area contributed by atoms with Crippen molar-refractivity contribution in [1.82, 2.24) is 0 Å². The number of benzene rings is 1. The Bertz CT molecular complexity index is 445. The molecule has 0 spiro atoms. The lowest BCUT2D eigenvalue weighted by Gasteiger charge is -2.11. The zero-order valence-corrected chi connectivity index (χ0v) is 9.35. The Morgan fingerprint density at radius 2 is 1.88 bits per heavy atom. The highest BCUT2D eigenvalue weighted by Crippen LogP contribution is 2.18. The van der Waals surface area contributed by atoms with Gasteiger partial charge in [0.1, 0.15) is 0 Å². The molecular weight excluding hydrogens is 220 g/mol. The van der Waals surface area contributed by atoms with Gasteiger partial charge in [0.15, 0.2) is 5.78 Å². The highest BCUT2D eigenvalue weighted by Gasteiger charge is 2.18. The standard InChI is InChI=1S/C11H16N4O2/c12-6-1-2-8(13)7(5-6)11(17)9(14)3-4-10(15)16/h1-2,5,9H,3-4,12-14H2,(H2,15,16)/t9-/m0/s1. The van der Waals surface area contributed by atoms with E-state index in [0.717, 1.165) is 0 Å². The van der Waals surface area contributed by atoms with Crippen LogP contribution in [0.2, 0.25) is 0 Å². The van der Waals surface area contributed by atoms with Crippen molar-refractivity contribution in [2.45, 2.75) is 18.9 Å². The normalized spacial score (nSPS) is 12.1.